The molecule has 0 spiro atoms. The Labute approximate surface area is 108 Å². The Hall–Kier alpha value is -1.73. The molecule has 1 atom stereocenters. The molecule has 0 aromatic heterocycles. The van der Waals surface area contributed by atoms with E-state index in [9.17, 15) is 0 Å². The Balaban J connectivity index is 1.95. The van der Waals surface area contributed by atoms with Gasteiger partial charge in [-0.1, -0.05) is 0 Å². The van der Waals surface area contributed by atoms with Gasteiger partial charge in [0, 0.05) is 18.3 Å². The Bertz CT molecular complexity index is 444. The minimum atomic E-state index is 0.497. The van der Waals surface area contributed by atoms with Crippen molar-refractivity contribution in [1.29, 1.82) is 5.26 Å². The molecule has 1 heterocycles. The van der Waals surface area contributed by atoms with Crippen LogP contribution in [0.4, 0.5) is 11.4 Å². The van der Waals surface area contributed by atoms with Gasteiger partial charge in [0.2, 0.25) is 0 Å². The van der Waals surface area contributed by atoms with Crippen molar-refractivity contribution in [3.05, 3.63) is 23.8 Å². The number of nitrogens with zero attached hydrogens (tertiary/aromatic N) is 2. The van der Waals surface area contributed by atoms with E-state index in [0.717, 1.165) is 12.2 Å². The monoisotopic (exact) mass is 244 g/mol. The zero-order valence-corrected chi connectivity index (χ0v) is 10.8. The summed E-state index contributed by atoms with van der Waals surface area (Å²) in [5, 5.41) is 12.4. The van der Waals surface area contributed by atoms with E-state index in [1.807, 2.05) is 12.1 Å². The summed E-state index contributed by atoms with van der Waals surface area (Å²) in [7, 11) is 0. The number of rotatable bonds is 4. The summed E-state index contributed by atoms with van der Waals surface area (Å²) in [4.78, 5) is 2.48. The molecule has 4 heteroatoms. The average Bonchev–Trinajstić information content (AvgIpc) is 2.90. The molecule has 2 rings (SSSR count). The first-order valence-electron chi connectivity index (χ1n) is 6.48. The summed E-state index contributed by atoms with van der Waals surface area (Å²) >= 11 is 0. The van der Waals surface area contributed by atoms with E-state index in [-0.39, 0.29) is 0 Å². The summed E-state index contributed by atoms with van der Waals surface area (Å²) < 4.78 is 0. The van der Waals surface area contributed by atoms with E-state index >= 15 is 0 Å². The molecule has 18 heavy (non-hydrogen) atoms. The second-order valence-electron chi connectivity index (χ2n) is 4.89. The molecular formula is C14H20N4. The number of benzene rings is 1. The maximum Gasteiger partial charge on any atom is 0.101 e. The van der Waals surface area contributed by atoms with Crippen molar-refractivity contribution in [1.82, 2.24) is 4.90 Å². The van der Waals surface area contributed by atoms with E-state index in [1.54, 1.807) is 6.07 Å². The number of nitrogens with one attached hydrogen (secondary N) is 1. The van der Waals surface area contributed by atoms with E-state index in [2.05, 4.69) is 23.2 Å². The van der Waals surface area contributed by atoms with Crippen molar-refractivity contribution in [3.63, 3.8) is 0 Å². The number of likely N-dealkylation sites (tertiary alicyclic amines) is 1. The molecule has 1 unspecified atom stereocenters. The molecule has 1 aromatic rings. The highest BCUT2D eigenvalue weighted by Crippen LogP contribution is 2.19. The molecule has 1 aliphatic rings. The first-order valence-corrected chi connectivity index (χ1v) is 6.48. The van der Waals surface area contributed by atoms with Gasteiger partial charge in [-0.25, -0.2) is 0 Å². The van der Waals surface area contributed by atoms with Gasteiger partial charge in [0.1, 0.15) is 6.07 Å². The van der Waals surface area contributed by atoms with Crippen molar-refractivity contribution in [2.24, 2.45) is 0 Å². The highest BCUT2D eigenvalue weighted by molar-refractivity contribution is 5.62. The van der Waals surface area contributed by atoms with Crippen LogP contribution in [0, 0.1) is 11.3 Å². The third-order valence-electron chi connectivity index (χ3n) is 3.52. The average molecular weight is 244 g/mol. The molecule has 0 aliphatic carbocycles. The quantitative estimate of drug-likeness (QED) is 0.795. The van der Waals surface area contributed by atoms with Gasteiger partial charge >= 0.3 is 0 Å². The fourth-order valence-electron chi connectivity index (χ4n) is 2.38. The lowest BCUT2D eigenvalue weighted by atomic mass is 10.1. The van der Waals surface area contributed by atoms with E-state index in [0.29, 0.717) is 17.3 Å². The molecular weight excluding hydrogens is 224 g/mol. The van der Waals surface area contributed by atoms with E-state index in [1.165, 1.54) is 25.9 Å². The van der Waals surface area contributed by atoms with Gasteiger partial charge in [-0.3, -0.25) is 4.90 Å². The van der Waals surface area contributed by atoms with Gasteiger partial charge in [-0.15, -0.1) is 0 Å². The second kappa shape index (κ2) is 5.74. The third-order valence-corrected chi connectivity index (χ3v) is 3.52. The highest BCUT2D eigenvalue weighted by atomic mass is 15.2. The Morgan fingerprint density at radius 3 is 2.83 bits per heavy atom. The predicted molar refractivity (Wildman–Crippen MR) is 74.3 cm³/mol. The van der Waals surface area contributed by atoms with Crippen LogP contribution in [0.2, 0.25) is 0 Å². The van der Waals surface area contributed by atoms with Gasteiger partial charge < -0.3 is 11.1 Å². The maximum absolute atomic E-state index is 9.06. The van der Waals surface area contributed by atoms with Crippen LogP contribution in [0.5, 0.6) is 0 Å². The lowest BCUT2D eigenvalue weighted by Gasteiger charge is -2.24. The molecule has 1 fully saturated rings. The highest BCUT2D eigenvalue weighted by Gasteiger charge is 2.17. The summed E-state index contributed by atoms with van der Waals surface area (Å²) in [6, 6.07) is 8.08. The minimum absolute atomic E-state index is 0.497. The Morgan fingerprint density at radius 1 is 1.44 bits per heavy atom. The number of anilines is 2. The van der Waals surface area contributed by atoms with Crippen molar-refractivity contribution in [3.8, 4) is 6.07 Å². The molecule has 1 aliphatic heterocycles. The fourth-order valence-corrected chi connectivity index (χ4v) is 2.38. The van der Waals surface area contributed by atoms with Crippen LogP contribution in [0.15, 0.2) is 18.2 Å². The molecule has 1 saturated heterocycles. The zero-order chi connectivity index (χ0) is 13.0. The third kappa shape index (κ3) is 2.93. The minimum Gasteiger partial charge on any atom is -0.399 e. The Kier molecular flexibility index (Phi) is 4.06. The molecule has 0 saturated carbocycles. The lowest BCUT2D eigenvalue weighted by Crippen LogP contribution is -2.35. The van der Waals surface area contributed by atoms with Crippen LogP contribution in [-0.2, 0) is 0 Å². The van der Waals surface area contributed by atoms with Crippen LogP contribution < -0.4 is 11.1 Å². The molecule has 0 bridgehead atoms. The van der Waals surface area contributed by atoms with Crippen LogP contribution in [0.25, 0.3) is 0 Å². The van der Waals surface area contributed by atoms with Crippen molar-refractivity contribution in [2.45, 2.75) is 25.8 Å². The lowest BCUT2D eigenvalue weighted by molar-refractivity contribution is 0.269. The van der Waals surface area contributed by atoms with Crippen LogP contribution in [0.1, 0.15) is 25.3 Å². The molecule has 0 radical (unpaired) electrons. The van der Waals surface area contributed by atoms with Crippen LogP contribution in [-0.4, -0.2) is 30.6 Å². The summed E-state index contributed by atoms with van der Waals surface area (Å²) in [5.41, 5.74) is 7.79. The molecule has 0 amide bonds. The second-order valence-corrected chi connectivity index (χ2v) is 4.89. The van der Waals surface area contributed by atoms with Gasteiger partial charge in [0.15, 0.2) is 0 Å². The van der Waals surface area contributed by atoms with E-state index in [4.69, 9.17) is 11.0 Å². The molecule has 96 valence electrons. The van der Waals surface area contributed by atoms with Gasteiger partial charge in [-0.2, -0.15) is 5.26 Å². The summed E-state index contributed by atoms with van der Waals surface area (Å²) in [6.45, 7) is 5.46. The number of nitriles is 1. The zero-order valence-electron chi connectivity index (χ0n) is 10.8. The van der Waals surface area contributed by atoms with Crippen molar-refractivity contribution < 1.29 is 0 Å². The normalized spacial score (nSPS) is 17.3. The first kappa shape index (κ1) is 12.7. The van der Waals surface area contributed by atoms with Crippen LogP contribution in [0.3, 0.4) is 0 Å². The maximum atomic E-state index is 9.06. The predicted octanol–water partition coefficient (Wildman–Crippen LogP) is 2.04. The number of hydrogen-bond donors (Lipinski definition) is 2. The standard InChI is InChI=1S/C14H20N4/c1-11(18-6-2-3-7-18)10-17-14-5-4-13(16)8-12(14)9-15/h4-5,8,11,17H,2-3,6-7,10,16H2,1H3. The number of hydrogen-bond acceptors (Lipinski definition) is 4. The van der Waals surface area contributed by atoms with Gasteiger partial charge in [0.05, 0.1) is 11.3 Å². The van der Waals surface area contributed by atoms with Gasteiger partial charge in [-0.05, 0) is 51.1 Å². The fraction of sp³-hybridized carbons (Fsp3) is 0.500. The van der Waals surface area contributed by atoms with Crippen LogP contribution >= 0.6 is 0 Å². The van der Waals surface area contributed by atoms with Gasteiger partial charge in [0.25, 0.3) is 0 Å². The SMILES string of the molecule is CC(CNc1ccc(N)cc1C#N)N1CCCC1. The Morgan fingerprint density at radius 2 is 2.17 bits per heavy atom. The summed E-state index contributed by atoms with van der Waals surface area (Å²) in [6.07, 6.45) is 2.60. The first-order chi connectivity index (χ1) is 8.70. The van der Waals surface area contributed by atoms with Crippen molar-refractivity contribution >= 4 is 11.4 Å². The topological polar surface area (TPSA) is 65.1 Å². The number of nitrogen functional groups attached to an aromatic ring is 1. The smallest absolute Gasteiger partial charge is 0.101 e. The van der Waals surface area contributed by atoms with Crippen molar-refractivity contribution in [2.75, 3.05) is 30.7 Å². The molecule has 3 N–H and O–H groups in total. The largest absolute Gasteiger partial charge is 0.399 e. The summed E-state index contributed by atoms with van der Waals surface area (Å²) in [5.74, 6) is 0. The number of nitrogens with two attached hydrogens (primary N) is 1. The molecule has 1 aromatic carbocycles. The molecule has 4 nitrogen and oxygen atoms in total. The van der Waals surface area contributed by atoms with E-state index < -0.39 is 0 Å².